The summed E-state index contributed by atoms with van der Waals surface area (Å²) in [5.74, 6) is 2.26. The van der Waals surface area contributed by atoms with Crippen LogP contribution in [0.15, 0.2) is 24.3 Å². The van der Waals surface area contributed by atoms with E-state index >= 15 is 0 Å². The highest BCUT2D eigenvalue weighted by molar-refractivity contribution is 5.79. The van der Waals surface area contributed by atoms with Gasteiger partial charge < -0.3 is 10.1 Å². The Morgan fingerprint density at radius 3 is 3.00 bits per heavy atom. The summed E-state index contributed by atoms with van der Waals surface area (Å²) in [7, 11) is 0. The fourth-order valence-electron chi connectivity index (χ4n) is 4.18. The summed E-state index contributed by atoms with van der Waals surface area (Å²) in [4.78, 5) is 22.6. The Bertz CT molecular complexity index is 604. The third kappa shape index (κ3) is 3.86. The summed E-state index contributed by atoms with van der Waals surface area (Å²) in [5.41, 5.74) is 0.0214. The Hall–Kier alpha value is -2.11. The maximum absolute atomic E-state index is 12.3. The number of nitrogens with one attached hydrogen (secondary N) is 1. The SMILES string of the molecule is O=C(NCCCOc1cccc([N+](=O)[O-])c1)C1CC[C@@H]2CCC[C@H]12. The first kappa shape index (κ1) is 16.7. The number of fused-ring (bicyclic) bond motifs is 1. The van der Waals surface area contributed by atoms with Crippen LogP contribution in [0.4, 0.5) is 5.69 Å². The van der Waals surface area contributed by atoms with Gasteiger partial charge in [-0.1, -0.05) is 18.9 Å². The molecule has 130 valence electrons. The standard InChI is InChI=1S/C18H24N2O4/c21-18(17-9-8-13-4-1-7-16(13)17)19-10-3-11-24-15-6-2-5-14(12-15)20(22)23/h2,5-6,12-13,16-17H,1,3-4,7-11H2,(H,19,21)/t13-,16-,17?/m0/s1. The summed E-state index contributed by atoms with van der Waals surface area (Å²) in [5, 5.41) is 13.7. The number of amides is 1. The molecule has 2 fully saturated rings. The van der Waals surface area contributed by atoms with Crippen LogP contribution in [0.2, 0.25) is 0 Å². The van der Waals surface area contributed by atoms with Gasteiger partial charge in [0.1, 0.15) is 5.75 Å². The van der Waals surface area contributed by atoms with Crippen molar-refractivity contribution in [1.29, 1.82) is 0 Å². The van der Waals surface area contributed by atoms with Crippen molar-refractivity contribution in [2.45, 2.75) is 38.5 Å². The number of nitrogens with zero attached hydrogens (tertiary/aromatic N) is 1. The van der Waals surface area contributed by atoms with E-state index in [2.05, 4.69) is 5.32 Å². The maximum Gasteiger partial charge on any atom is 0.273 e. The van der Waals surface area contributed by atoms with Gasteiger partial charge >= 0.3 is 0 Å². The summed E-state index contributed by atoms with van der Waals surface area (Å²) in [6.07, 6.45) is 6.71. The molecule has 2 saturated carbocycles. The number of hydrogen-bond acceptors (Lipinski definition) is 4. The van der Waals surface area contributed by atoms with E-state index in [1.165, 1.54) is 37.8 Å². The molecule has 0 spiro atoms. The zero-order valence-electron chi connectivity index (χ0n) is 13.8. The minimum absolute atomic E-state index is 0.0214. The molecule has 2 aliphatic carbocycles. The Balaban J connectivity index is 1.36. The molecule has 0 radical (unpaired) electrons. The Kier molecular flexibility index (Phi) is 5.33. The van der Waals surface area contributed by atoms with Crippen molar-refractivity contribution in [1.82, 2.24) is 5.32 Å². The van der Waals surface area contributed by atoms with E-state index < -0.39 is 4.92 Å². The van der Waals surface area contributed by atoms with E-state index in [0.29, 0.717) is 31.2 Å². The smallest absolute Gasteiger partial charge is 0.273 e. The summed E-state index contributed by atoms with van der Waals surface area (Å²) in [6, 6.07) is 6.15. The predicted molar refractivity (Wildman–Crippen MR) is 89.8 cm³/mol. The highest BCUT2D eigenvalue weighted by Gasteiger charge is 2.42. The number of carbonyl (C=O) groups is 1. The largest absolute Gasteiger partial charge is 0.493 e. The Morgan fingerprint density at radius 1 is 1.29 bits per heavy atom. The van der Waals surface area contributed by atoms with Gasteiger partial charge in [0, 0.05) is 18.5 Å². The molecule has 0 saturated heterocycles. The normalized spacial score (nSPS) is 25.2. The highest BCUT2D eigenvalue weighted by atomic mass is 16.6. The first-order valence-electron chi connectivity index (χ1n) is 8.80. The van der Waals surface area contributed by atoms with Crippen LogP contribution in [0.5, 0.6) is 5.75 Å². The quantitative estimate of drug-likeness (QED) is 0.472. The van der Waals surface area contributed by atoms with Gasteiger partial charge in [0.25, 0.3) is 5.69 Å². The molecule has 1 amide bonds. The van der Waals surface area contributed by atoms with E-state index in [4.69, 9.17) is 4.74 Å². The highest BCUT2D eigenvalue weighted by Crippen LogP contribution is 2.47. The number of non-ortho nitro benzene ring substituents is 1. The summed E-state index contributed by atoms with van der Waals surface area (Å²) >= 11 is 0. The first-order chi connectivity index (χ1) is 11.6. The molecule has 1 aromatic rings. The predicted octanol–water partition coefficient (Wildman–Crippen LogP) is 3.31. The van der Waals surface area contributed by atoms with E-state index in [1.807, 2.05) is 0 Å². The molecule has 0 heterocycles. The molecule has 0 bridgehead atoms. The number of nitro groups is 1. The summed E-state index contributed by atoms with van der Waals surface area (Å²) in [6.45, 7) is 1.01. The second kappa shape index (κ2) is 7.64. The third-order valence-corrected chi connectivity index (χ3v) is 5.34. The van der Waals surface area contributed by atoms with Gasteiger partial charge in [0.15, 0.2) is 0 Å². The average Bonchev–Trinajstić information content (AvgIpc) is 3.17. The number of nitro benzene ring substituents is 1. The van der Waals surface area contributed by atoms with Crippen molar-refractivity contribution in [2.75, 3.05) is 13.2 Å². The van der Waals surface area contributed by atoms with Crippen LogP contribution in [0.25, 0.3) is 0 Å². The minimum atomic E-state index is -0.440. The fourth-order valence-corrected chi connectivity index (χ4v) is 4.18. The van der Waals surface area contributed by atoms with Gasteiger partial charge in [-0.05, 0) is 43.6 Å². The number of ether oxygens (including phenoxy) is 1. The number of benzene rings is 1. The minimum Gasteiger partial charge on any atom is -0.493 e. The third-order valence-electron chi connectivity index (χ3n) is 5.34. The van der Waals surface area contributed by atoms with E-state index in [1.54, 1.807) is 12.1 Å². The van der Waals surface area contributed by atoms with Crippen molar-refractivity contribution in [3.8, 4) is 5.75 Å². The van der Waals surface area contributed by atoms with Crippen LogP contribution in [0.1, 0.15) is 38.5 Å². The number of carbonyl (C=O) groups excluding carboxylic acids is 1. The zero-order valence-corrected chi connectivity index (χ0v) is 13.8. The van der Waals surface area contributed by atoms with Crippen molar-refractivity contribution in [3.05, 3.63) is 34.4 Å². The van der Waals surface area contributed by atoms with Crippen LogP contribution in [0.3, 0.4) is 0 Å². The molecule has 1 aromatic carbocycles. The first-order valence-corrected chi connectivity index (χ1v) is 8.80. The van der Waals surface area contributed by atoms with E-state index in [-0.39, 0.29) is 17.5 Å². The molecule has 0 aromatic heterocycles. The van der Waals surface area contributed by atoms with Crippen LogP contribution in [-0.4, -0.2) is 24.0 Å². The monoisotopic (exact) mass is 332 g/mol. The van der Waals surface area contributed by atoms with Crippen molar-refractivity contribution in [2.24, 2.45) is 17.8 Å². The topological polar surface area (TPSA) is 81.5 Å². The molecule has 6 heteroatoms. The molecular weight excluding hydrogens is 308 g/mol. The van der Waals surface area contributed by atoms with Crippen LogP contribution in [0, 0.1) is 27.9 Å². The molecule has 3 atom stereocenters. The van der Waals surface area contributed by atoms with E-state index in [0.717, 1.165) is 12.3 Å². The zero-order chi connectivity index (χ0) is 16.9. The second-order valence-corrected chi connectivity index (χ2v) is 6.79. The molecule has 24 heavy (non-hydrogen) atoms. The second-order valence-electron chi connectivity index (χ2n) is 6.79. The lowest BCUT2D eigenvalue weighted by Crippen LogP contribution is -2.34. The molecule has 2 aliphatic rings. The van der Waals surface area contributed by atoms with Crippen molar-refractivity contribution >= 4 is 11.6 Å². The molecule has 3 rings (SSSR count). The molecular formula is C18H24N2O4. The fraction of sp³-hybridized carbons (Fsp3) is 0.611. The van der Waals surface area contributed by atoms with Crippen LogP contribution in [-0.2, 0) is 4.79 Å². The average molecular weight is 332 g/mol. The lowest BCUT2D eigenvalue weighted by Gasteiger charge is -2.18. The van der Waals surface area contributed by atoms with Gasteiger partial charge in [-0.2, -0.15) is 0 Å². The Morgan fingerprint density at radius 2 is 2.17 bits per heavy atom. The van der Waals surface area contributed by atoms with Crippen LogP contribution >= 0.6 is 0 Å². The van der Waals surface area contributed by atoms with Gasteiger partial charge in [-0.3, -0.25) is 14.9 Å². The van der Waals surface area contributed by atoms with Gasteiger partial charge in [0.05, 0.1) is 17.6 Å². The molecule has 0 aliphatic heterocycles. The maximum atomic E-state index is 12.3. The van der Waals surface area contributed by atoms with Gasteiger partial charge in [0.2, 0.25) is 5.91 Å². The number of rotatable bonds is 7. The van der Waals surface area contributed by atoms with Crippen LogP contribution < -0.4 is 10.1 Å². The molecule has 1 N–H and O–H groups in total. The van der Waals surface area contributed by atoms with E-state index in [9.17, 15) is 14.9 Å². The Labute approximate surface area is 141 Å². The van der Waals surface area contributed by atoms with Gasteiger partial charge in [-0.15, -0.1) is 0 Å². The lowest BCUT2D eigenvalue weighted by atomic mass is 9.91. The summed E-state index contributed by atoms with van der Waals surface area (Å²) < 4.78 is 5.52. The molecule has 1 unspecified atom stereocenters. The number of hydrogen-bond donors (Lipinski definition) is 1. The van der Waals surface area contributed by atoms with Crippen molar-refractivity contribution in [3.63, 3.8) is 0 Å². The molecule has 6 nitrogen and oxygen atoms in total. The lowest BCUT2D eigenvalue weighted by molar-refractivity contribution is -0.384. The van der Waals surface area contributed by atoms with Gasteiger partial charge in [-0.25, -0.2) is 0 Å². The van der Waals surface area contributed by atoms with Crippen molar-refractivity contribution < 1.29 is 14.5 Å².